The molecule has 1 aromatic heterocycles. The van der Waals surface area contributed by atoms with E-state index in [-0.39, 0.29) is 24.4 Å². The van der Waals surface area contributed by atoms with Gasteiger partial charge in [0, 0.05) is 13.1 Å². The van der Waals surface area contributed by atoms with Crippen molar-refractivity contribution in [2.24, 2.45) is 0 Å². The lowest BCUT2D eigenvalue weighted by Gasteiger charge is -2.11. The van der Waals surface area contributed by atoms with Gasteiger partial charge >= 0.3 is 0 Å². The molecule has 0 bridgehead atoms. The molecule has 0 saturated carbocycles. The maximum Gasteiger partial charge on any atom is 0.268 e. The molecule has 0 fully saturated rings. The molecule has 1 N–H and O–H groups in total. The van der Waals surface area contributed by atoms with E-state index < -0.39 is 16.0 Å². The van der Waals surface area contributed by atoms with Crippen molar-refractivity contribution in [3.63, 3.8) is 0 Å². The number of hydrogen-bond donors (Lipinski definition) is 1. The van der Waals surface area contributed by atoms with Gasteiger partial charge in [-0.2, -0.15) is 8.42 Å². The topological polar surface area (TPSA) is 94.5 Å². The van der Waals surface area contributed by atoms with Crippen molar-refractivity contribution in [1.29, 1.82) is 0 Å². The third-order valence-corrected chi connectivity index (χ3v) is 3.56. The van der Waals surface area contributed by atoms with Crippen LogP contribution in [0.1, 0.15) is 17.4 Å². The Labute approximate surface area is 125 Å². The number of pyridine rings is 1. The van der Waals surface area contributed by atoms with E-state index >= 15 is 0 Å². The Morgan fingerprint density at radius 2 is 2.10 bits per heavy atom. The van der Waals surface area contributed by atoms with E-state index in [4.69, 9.17) is 0 Å². The molecule has 0 saturated heterocycles. The highest BCUT2D eigenvalue weighted by Gasteiger charge is 2.13. The van der Waals surface area contributed by atoms with Crippen LogP contribution in [0.5, 0.6) is 0 Å². The summed E-state index contributed by atoms with van der Waals surface area (Å²) < 4.78 is 27.7. The Hall–Kier alpha value is -1.19. The average molecular weight is 367 g/mol. The first-order valence-electron chi connectivity index (χ1n) is 5.78. The van der Waals surface area contributed by atoms with Crippen LogP contribution in [0.4, 0.5) is 0 Å². The monoisotopic (exact) mass is 366 g/mol. The Kier molecular flexibility index (Phi) is 5.90. The Morgan fingerprint density at radius 1 is 1.45 bits per heavy atom. The van der Waals surface area contributed by atoms with Crippen LogP contribution in [-0.2, 0) is 20.8 Å². The maximum absolute atomic E-state index is 11.9. The summed E-state index contributed by atoms with van der Waals surface area (Å²) in [5.74, 6) is -0.464. The van der Waals surface area contributed by atoms with Gasteiger partial charge in [-0.3, -0.25) is 13.8 Å². The lowest BCUT2D eigenvalue weighted by atomic mass is 10.3. The third-order valence-electron chi connectivity index (χ3n) is 2.36. The largest absolute Gasteiger partial charge is 0.348 e. The second-order valence-corrected chi connectivity index (χ2v) is 6.40. The van der Waals surface area contributed by atoms with Crippen molar-refractivity contribution in [3.05, 3.63) is 32.7 Å². The van der Waals surface area contributed by atoms with Gasteiger partial charge in [-0.15, -0.1) is 0 Å². The normalized spacial score (nSPS) is 11.3. The molecule has 9 heteroatoms. The second-order valence-electron chi connectivity index (χ2n) is 3.90. The molecular formula is C11H15BrN2O5S. The van der Waals surface area contributed by atoms with Crippen molar-refractivity contribution in [2.75, 3.05) is 19.4 Å². The minimum Gasteiger partial charge on any atom is -0.348 e. The predicted octanol–water partition coefficient (Wildman–Crippen LogP) is 0.337. The van der Waals surface area contributed by atoms with Crippen molar-refractivity contribution in [3.8, 4) is 0 Å². The molecule has 0 unspecified atom stereocenters. The van der Waals surface area contributed by atoms with Crippen LogP contribution in [-0.4, -0.2) is 38.3 Å². The number of amides is 1. The summed E-state index contributed by atoms with van der Waals surface area (Å²) in [5.41, 5.74) is -0.0902. The van der Waals surface area contributed by atoms with Gasteiger partial charge in [0.15, 0.2) is 0 Å². The van der Waals surface area contributed by atoms with Crippen LogP contribution in [0.3, 0.4) is 0 Å². The summed E-state index contributed by atoms with van der Waals surface area (Å²) in [6, 6.07) is 3.01. The number of aromatic nitrogens is 1. The van der Waals surface area contributed by atoms with E-state index in [2.05, 4.69) is 25.4 Å². The Bertz CT molecular complexity index is 653. The zero-order valence-corrected chi connectivity index (χ0v) is 13.5. The molecular weight excluding hydrogens is 352 g/mol. The van der Waals surface area contributed by atoms with Crippen LogP contribution < -0.4 is 10.9 Å². The van der Waals surface area contributed by atoms with Gasteiger partial charge in [0.2, 0.25) is 0 Å². The minimum absolute atomic E-state index is 0.0277. The van der Waals surface area contributed by atoms with Gasteiger partial charge in [-0.25, -0.2) is 0 Å². The summed E-state index contributed by atoms with van der Waals surface area (Å²) in [4.78, 5) is 23.7. The molecule has 0 radical (unpaired) electrons. The molecule has 0 aromatic carbocycles. The quantitative estimate of drug-likeness (QED) is 0.578. The standard InChI is InChI=1S/C11H15BrN2O5S/c1-3-14-9(5-4-8(12)11(14)16)10(15)13-6-7-19-20(2,17)18/h4-5H,3,6-7H2,1-2H3,(H,13,15). The average Bonchev–Trinajstić information content (AvgIpc) is 2.36. The lowest BCUT2D eigenvalue weighted by molar-refractivity contribution is 0.0936. The van der Waals surface area contributed by atoms with Crippen LogP contribution in [0.15, 0.2) is 21.4 Å². The van der Waals surface area contributed by atoms with Crippen molar-refractivity contribution < 1.29 is 17.4 Å². The highest BCUT2D eigenvalue weighted by Crippen LogP contribution is 2.05. The SMILES string of the molecule is CCn1c(C(=O)NCCOS(C)(=O)=O)ccc(Br)c1=O. The molecule has 0 aliphatic heterocycles. The summed E-state index contributed by atoms with van der Waals surface area (Å²) in [6.07, 6.45) is 0.929. The van der Waals surface area contributed by atoms with E-state index in [1.54, 1.807) is 6.92 Å². The summed E-state index contributed by atoms with van der Waals surface area (Å²) in [7, 11) is -3.52. The third kappa shape index (κ3) is 4.73. The number of hydrogen-bond acceptors (Lipinski definition) is 5. The number of carbonyl (C=O) groups excluding carboxylic acids is 1. The zero-order chi connectivity index (χ0) is 15.3. The Morgan fingerprint density at radius 3 is 2.65 bits per heavy atom. The van der Waals surface area contributed by atoms with E-state index in [9.17, 15) is 18.0 Å². The first-order chi connectivity index (χ1) is 9.26. The maximum atomic E-state index is 11.9. The summed E-state index contributed by atoms with van der Waals surface area (Å²) in [5, 5.41) is 2.49. The van der Waals surface area contributed by atoms with Crippen molar-refractivity contribution in [1.82, 2.24) is 9.88 Å². The van der Waals surface area contributed by atoms with Crippen LogP contribution in [0, 0.1) is 0 Å². The fourth-order valence-corrected chi connectivity index (χ4v) is 2.24. The van der Waals surface area contributed by atoms with E-state index in [1.165, 1.54) is 16.7 Å². The predicted molar refractivity (Wildman–Crippen MR) is 77.2 cm³/mol. The van der Waals surface area contributed by atoms with Crippen molar-refractivity contribution in [2.45, 2.75) is 13.5 Å². The van der Waals surface area contributed by atoms with Gasteiger partial charge in [0.05, 0.1) is 17.3 Å². The molecule has 0 spiro atoms. The second kappa shape index (κ2) is 7.00. The van der Waals surface area contributed by atoms with Gasteiger partial charge in [-0.05, 0) is 35.0 Å². The Balaban J connectivity index is 2.74. The van der Waals surface area contributed by atoms with Crippen LogP contribution in [0.25, 0.3) is 0 Å². The van der Waals surface area contributed by atoms with Crippen LogP contribution >= 0.6 is 15.9 Å². The summed E-state index contributed by atoms with van der Waals surface area (Å²) in [6.45, 7) is 1.97. The van der Waals surface area contributed by atoms with Gasteiger partial charge in [-0.1, -0.05) is 0 Å². The first kappa shape index (κ1) is 16.9. The molecule has 1 rings (SSSR count). The zero-order valence-electron chi connectivity index (χ0n) is 11.1. The van der Waals surface area contributed by atoms with Gasteiger partial charge < -0.3 is 9.88 Å². The number of rotatable bonds is 6. The number of nitrogens with zero attached hydrogens (tertiary/aromatic N) is 1. The van der Waals surface area contributed by atoms with Crippen molar-refractivity contribution >= 4 is 32.0 Å². The fraction of sp³-hybridized carbons (Fsp3) is 0.455. The molecule has 7 nitrogen and oxygen atoms in total. The minimum atomic E-state index is -3.52. The molecule has 0 atom stereocenters. The highest BCUT2D eigenvalue weighted by molar-refractivity contribution is 9.10. The first-order valence-corrected chi connectivity index (χ1v) is 8.39. The lowest BCUT2D eigenvalue weighted by Crippen LogP contribution is -2.34. The molecule has 20 heavy (non-hydrogen) atoms. The summed E-state index contributed by atoms with van der Waals surface area (Å²) >= 11 is 3.10. The molecule has 0 aliphatic carbocycles. The number of nitrogens with one attached hydrogen (secondary N) is 1. The fourth-order valence-electron chi connectivity index (χ4n) is 1.51. The molecule has 112 valence electrons. The number of halogens is 1. The van der Waals surface area contributed by atoms with Gasteiger partial charge in [0.25, 0.3) is 21.6 Å². The van der Waals surface area contributed by atoms with Gasteiger partial charge in [0.1, 0.15) is 5.69 Å². The molecule has 1 heterocycles. The molecule has 1 aromatic rings. The van der Waals surface area contributed by atoms with E-state index in [0.29, 0.717) is 11.0 Å². The molecule has 0 aliphatic rings. The van der Waals surface area contributed by atoms with Crippen LogP contribution in [0.2, 0.25) is 0 Å². The smallest absolute Gasteiger partial charge is 0.268 e. The molecule has 1 amide bonds. The highest BCUT2D eigenvalue weighted by atomic mass is 79.9. The van der Waals surface area contributed by atoms with E-state index in [1.807, 2.05) is 0 Å². The number of carbonyl (C=O) groups is 1. The van der Waals surface area contributed by atoms with E-state index in [0.717, 1.165) is 6.26 Å².